The molecule has 4 unspecified atom stereocenters. The molecule has 16 heteroatoms. The molecule has 2 saturated heterocycles. The van der Waals surface area contributed by atoms with Crippen molar-refractivity contribution in [3.63, 3.8) is 0 Å². The zero-order valence-corrected chi connectivity index (χ0v) is 37.8. The van der Waals surface area contributed by atoms with Gasteiger partial charge in [-0.25, -0.2) is 9.78 Å². The number of hydrogen-bond acceptors (Lipinski definition) is 9. The zero-order chi connectivity index (χ0) is 45.5. The molecule has 0 radical (unpaired) electrons. The number of hydrogen-bond donors (Lipinski definition) is 3. The Bertz CT molecular complexity index is 2450. The highest BCUT2D eigenvalue weighted by Crippen LogP contribution is 2.33. The summed E-state index contributed by atoms with van der Waals surface area (Å²) in [5, 5.41) is 17.2. The van der Waals surface area contributed by atoms with Gasteiger partial charge >= 0.3 is 6.09 Å². The number of aliphatic hydroxyl groups excluding tert-OH is 1. The summed E-state index contributed by atoms with van der Waals surface area (Å²) in [6.45, 7) is 1.66. The average Bonchev–Trinajstić information content (AvgIpc) is 3.63. The van der Waals surface area contributed by atoms with Crippen LogP contribution in [-0.4, -0.2) is 111 Å². The minimum Gasteiger partial charge on any atom is -0.457 e. The van der Waals surface area contributed by atoms with E-state index in [4.69, 9.17) is 32.7 Å². The number of aromatic nitrogens is 2. The Labute approximate surface area is 383 Å². The van der Waals surface area contributed by atoms with Gasteiger partial charge < -0.3 is 39.6 Å². The highest BCUT2D eigenvalue weighted by molar-refractivity contribution is 6.31. The maximum Gasteiger partial charge on any atom is 0.411 e. The first-order chi connectivity index (χ1) is 30.7. The Morgan fingerprint density at radius 3 is 2.34 bits per heavy atom. The fourth-order valence-corrected chi connectivity index (χ4v) is 8.53. The largest absolute Gasteiger partial charge is 0.457 e. The number of benzene rings is 4. The lowest BCUT2D eigenvalue weighted by atomic mass is 9.82. The molecule has 2 fully saturated rings. The van der Waals surface area contributed by atoms with E-state index < -0.39 is 54.1 Å². The van der Waals surface area contributed by atoms with E-state index >= 15 is 0 Å². The van der Waals surface area contributed by atoms with Crippen LogP contribution in [0.25, 0.3) is 11.3 Å². The maximum atomic E-state index is 14.7. The minimum absolute atomic E-state index is 0.0561. The third-order valence-electron chi connectivity index (χ3n) is 11.7. The van der Waals surface area contributed by atoms with Crippen molar-refractivity contribution in [2.24, 2.45) is 7.05 Å². The van der Waals surface area contributed by atoms with Crippen molar-refractivity contribution >= 4 is 47.0 Å². The molecule has 5 aromatic rings. The van der Waals surface area contributed by atoms with Crippen molar-refractivity contribution in [3.05, 3.63) is 136 Å². The van der Waals surface area contributed by atoms with Gasteiger partial charge in [-0.05, 0) is 99.9 Å². The fourth-order valence-electron chi connectivity index (χ4n) is 8.24. The molecule has 0 saturated carbocycles. The first kappa shape index (κ1) is 46.1. The molecular formula is C48H53Cl2N7O7. The third kappa shape index (κ3) is 11.0. The monoisotopic (exact) mass is 909 g/mol. The number of amides is 4. The SMILES string of the molecule is CC1C(=O)NC(CO)C(=O)NC2(Cc3ccc(Cl)cc3)CCCN(C2)C(=O)C(Cc2ccccc2)OC(=O)N1Cc1ccc(Cl)cc1Oc1ccc(-c2cnc(CN(C)C)n2C)cc1. The van der Waals surface area contributed by atoms with Gasteiger partial charge in [0.2, 0.25) is 11.8 Å². The number of halogens is 2. The number of nitrogens with one attached hydrogen (secondary N) is 2. The number of carbonyl (C=O) groups excluding carboxylic acids is 4. The van der Waals surface area contributed by atoms with E-state index in [0.717, 1.165) is 28.2 Å². The lowest BCUT2D eigenvalue weighted by Gasteiger charge is -2.45. The number of nitrogens with zero attached hydrogens (tertiary/aromatic N) is 5. The number of ether oxygens (including phenoxy) is 2. The van der Waals surface area contributed by atoms with Crippen molar-refractivity contribution in [2.75, 3.05) is 33.8 Å². The summed E-state index contributed by atoms with van der Waals surface area (Å²) < 4.78 is 14.6. The summed E-state index contributed by atoms with van der Waals surface area (Å²) in [4.78, 5) is 67.1. The standard InChI is InChI=1S/C48H53Cl2N7O7/c1-31-44(59)52-39(29-58)45(60)53-48(25-33-11-16-36(49)17-12-33)21-8-22-56(30-48)46(61)42(23-32-9-6-5-7-10-32)64-47(62)57(31)27-35-13-18-37(50)24-41(35)63-38-19-14-34(15-20-38)40-26-51-43(55(40)4)28-54(2)3/h5-7,9-20,24,26,31,39,42,58H,8,21-23,25,27-30H2,1-4H3,(H,52,59)(H,53,60). The van der Waals surface area contributed by atoms with Crippen LogP contribution in [0.2, 0.25) is 10.0 Å². The van der Waals surface area contributed by atoms with Gasteiger partial charge in [0.05, 0.1) is 37.1 Å². The van der Waals surface area contributed by atoms with Crippen LogP contribution in [0.15, 0.2) is 103 Å². The van der Waals surface area contributed by atoms with Gasteiger partial charge in [0, 0.05) is 47.7 Å². The highest BCUT2D eigenvalue weighted by Gasteiger charge is 2.43. The molecule has 0 aliphatic carbocycles. The molecule has 14 nitrogen and oxygen atoms in total. The molecule has 336 valence electrons. The summed E-state index contributed by atoms with van der Waals surface area (Å²) in [6.07, 6.45) is 1.00. The minimum atomic E-state index is -1.38. The molecule has 2 aliphatic heterocycles. The number of rotatable bonds is 12. The molecular weight excluding hydrogens is 857 g/mol. The number of imidazole rings is 1. The van der Waals surface area contributed by atoms with Crippen molar-refractivity contribution in [2.45, 2.75) is 69.4 Å². The maximum absolute atomic E-state index is 14.7. The second-order valence-electron chi connectivity index (χ2n) is 16.8. The van der Waals surface area contributed by atoms with E-state index in [1.54, 1.807) is 35.2 Å². The molecule has 1 aromatic heterocycles. The lowest BCUT2D eigenvalue weighted by molar-refractivity contribution is -0.145. The van der Waals surface area contributed by atoms with Gasteiger partial charge in [0.25, 0.3) is 5.91 Å². The van der Waals surface area contributed by atoms with E-state index in [9.17, 15) is 24.3 Å². The average molecular weight is 911 g/mol. The second kappa shape index (κ2) is 20.3. The zero-order valence-electron chi connectivity index (χ0n) is 36.3. The lowest BCUT2D eigenvalue weighted by Crippen LogP contribution is -2.66. The highest BCUT2D eigenvalue weighted by atomic mass is 35.5. The predicted molar refractivity (Wildman–Crippen MR) is 244 cm³/mol. The van der Waals surface area contributed by atoms with Crippen LogP contribution in [0.1, 0.15) is 42.3 Å². The first-order valence-electron chi connectivity index (χ1n) is 21.2. The molecule has 4 aromatic carbocycles. The van der Waals surface area contributed by atoms with Gasteiger partial charge in [-0.15, -0.1) is 0 Å². The fraction of sp³-hybridized carbons (Fsp3) is 0.354. The molecule has 2 aliphatic rings. The predicted octanol–water partition coefficient (Wildman–Crippen LogP) is 6.40. The van der Waals surface area contributed by atoms with Crippen LogP contribution in [0.5, 0.6) is 11.5 Å². The Kier molecular flexibility index (Phi) is 14.6. The van der Waals surface area contributed by atoms with Gasteiger partial charge in [-0.2, -0.15) is 0 Å². The Hall–Kier alpha value is -5.93. The molecule has 3 heterocycles. The Morgan fingerprint density at radius 2 is 1.64 bits per heavy atom. The van der Waals surface area contributed by atoms with Crippen LogP contribution >= 0.6 is 23.2 Å². The Morgan fingerprint density at radius 1 is 0.922 bits per heavy atom. The summed E-state index contributed by atoms with van der Waals surface area (Å²) in [5.41, 5.74) is 2.96. The third-order valence-corrected chi connectivity index (χ3v) is 12.2. The van der Waals surface area contributed by atoms with Crippen molar-refractivity contribution in [3.8, 4) is 22.8 Å². The molecule has 0 spiro atoms. The Balaban J connectivity index is 1.20. The molecule has 2 bridgehead atoms. The van der Waals surface area contributed by atoms with Crippen molar-refractivity contribution in [1.82, 2.24) is 34.9 Å². The van der Waals surface area contributed by atoms with Gasteiger partial charge in [-0.1, -0.05) is 71.7 Å². The van der Waals surface area contributed by atoms with Gasteiger partial charge in [0.15, 0.2) is 6.10 Å². The number of carbonyl (C=O) groups is 4. The van der Waals surface area contributed by atoms with E-state index in [2.05, 4.69) is 15.6 Å². The molecule has 64 heavy (non-hydrogen) atoms. The van der Waals surface area contributed by atoms with Crippen LogP contribution in [-0.2, 0) is 52.1 Å². The van der Waals surface area contributed by atoms with Crippen molar-refractivity contribution in [1.29, 1.82) is 0 Å². The van der Waals surface area contributed by atoms with E-state index in [-0.39, 0.29) is 19.5 Å². The normalized spacial score (nSPS) is 21.0. The number of cyclic esters (lactones) is 1. The number of aliphatic hydroxyl groups is 1. The smallest absolute Gasteiger partial charge is 0.411 e. The van der Waals surface area contributed by atoms with Crippen LogP contribution in [0, 0.1) is 0 Å². The second-order valence-corrected chi connectivity index (χ2v) is 17.7. The molecule has 3 N–H and O–H groups in total. The molecule has 4 amide bonds. The van der Waals surface area contributed by atoms with E-state index in [1.165, 1.54) is 11.8 Å². The van der Waals surface area contributed by atoms with Crippen LogP contribution in [0.4, 0.5) is 4.79 Å². The number of piperidine rings is 1. The first-order valence-corrected chi connectivity index (χ1v) is 22.0. The van der Waals surface area contributed by atoms with E-state index in [1.807, 2.05) is 104 Å². The van der Waals surface area contributed by atoms with Crippen molar-refractivity contribution < 1.29 is 33.8 Å². The van der Waals surface area contributed by atoms with Crippen LogP contribution < -0.4 is 15.4 Å². The summed E-state index contributed by atoms with van der Waals surface area (Å²) in [7, 11) is 5.95. The number of fused-ring (bicyclic) bond motifs is 2. The van der Waals surface area contributed by atoms with E-state index in [0.29, 0.717) is 59.5 Å². The van der Waals surface area contributed by atoms with Gasteiger partial charge in [0.1, 0.15) is 29.4 Å². The molecule has 4 atom stereocenters. The molecule has 7 rings (SSSR count). The summed E-state index contributed by atoms with van der Waals surface area (Å²) in [5.74, 6) is -0.0986. The summed E-state index contributed by atoms with van der Waals surface area (Å²) in [6, 6.07) is 26.2. The quantitative estimate of drug-likeness (QED) is 0.129. The van der Waals surface area contributed by atoms with Gasteiger partial charge in [-0.3, -0.25) is 19.3 Å². The topological polar surface area (TPSA) is 159 Å². The summed E-state index contributed by atoms with van der Waals surface area (Å²) >= 11 is 12.7. The van der Waals surface area contributed by atoms with Crippen LogP contribution in [0.3, 0.4) is 0 Å².